The third-order valence-corrected chi connectivity index (χ3v) is 2.22. The fourth-order valence-corrected chi connectivity index (χ4v) is 1.55. The van der Waals surface area contributed by atoms with E-state index in [-0.39, 0.29) is 6.10 Å². The van der Waals surface area contributed by atoms with Crippen LogP contribution in [0.3, 0.4) is 0 Å². The van der Waals surface area contributed by atoms with Crippen molar-refractivity contribution in [1.29, 1.82) is 0 Å². The molecule has 0 heterocycles. The molecule has 1 rings (SSSR count). The van der Waals surface area contributed by atoms with Crippen molar-refractivity contribution in [2.24, 2.45) is 5.92 Å². The normalized spacial score (nSPS) is 29.0. The van der Waals surface area contributed by atoms with Gasteiger partial charge in [0.2, 0.25) is 0 Å². The third-order valence-electron chi connectivity index (χ3n) is 2.22. The van der Waals surface area contributed by atoms with E-state index in [9.17, 15) is 0 Å². The minimum atomic E-state index is -0.0342. The van der Waals surface area contributed by atoms with Gasteiger partial charge in [-0.15, -0.1) is 0 Å². The van der Waals surface area contributed by atoms with Crippen molar-refractivity contribution in [2.75, 3.05) is 13.7 Å². The molecule has 1 N–H and O–H groups in total. The first-order chi connectivity index (χ1) is 5.83. The van der Waals surface area contributed by atoms with Crippen LogP contribution in [-0.2, 0) is 4.74 Å². The van der Waals surface area contributed by atoms with Crippen molar-refractivity contribution in [3.63, 3.8) is 0 Å². The van der Waals surface area contributed by atoms with Gasteiger partial charge >= 0.3 is 0 Å². The average molecular weight is 174 g/mol. The molecule has 2 nitrogen and oxygen atoms in total. The third kappa shape index (κ3) is 4.73. The van der Waals surface area contributed by atoms with Crippen LogP contribution in [0.4, 0.5) is 0 Å². The molecule has 12 heavy (non-hydrogen) atoms. The second-order valence-electron chi connectivity index (χ2n) is 3.13. The average Bonchev–Trinajstić information content (AvgIpc) is 2.13. The van der Waals surface area contributed by atoms with Crippen LogP contribution in [-0.4, -0.2) is 24.9 Å². The Balaban J connectivity index is 0.000000561. The Hall–Kier alpha value is -0.0800. The van der Waals surface area contributed by atoms with Crippen molar-refractivity contribution >= 4 is 0 Å². The maximum atomic E-state index is 9.15. The number of methoxy groups -OCH3 is 1. The Kier molecular flexibility index (Phi) is 7.51. The minimum absolute atomic E-state index is 0.0342. The molecule has 0 aliphatic heterocycles. The molecule has 1 aliphatic carbocycles. The molecular weight excluding hydrogens is 152 g/mol. The Morgan fingerprint density at radius 3 is 2.08 bits per heavy atom. The van der Waals surface area contributed by atoms with Gasteiger partial charge in [-0.05, 0) is 31.6 Å². The molecular formula is C10H22O2. The molecule has 0 aromatic rings. The van der Waals surface area contributed by atoms with Crippen LogP contribution < -0.4 is 0 Å². The van der Waals surface area contributed by atoms with E-state index in [0.717, 1.165) is 32.3 Å². The standard InChI is InChI=1S/C8H16O2.C2H6/c1-10-6-7-2-4-8(9)5-3-7;1-2/h7-9H,2-6H2,1H3;1-2H3. The summed E-state index contributed by atoms with van der Waals surface area (Å²) in [6, 6.07) is 0. The Morgan fingerprint density at radius 1 is 1.17 bits per heavy atom. The lowest BCUT2D eigenvalue weighted by Crippen LogP contribution is -2.20. The van der Waals surface area contributed by atoms with Crippen LogP contribution in [0.5, 0.6) is 0 Å². The van der Waals surface area contributed by atoms with Gasteiger partial charge in [-0.1, -0.05) is 13.8 Å². The zero-order valence-corrected chi connectivity index (χ0v) is 8.55. The first kappa shape index (κ1) is 11.9. The molecule has 1 aliphatic rings. The molecule has 0 atom stereocenters. The number of rotatable bonds is 2. The van der Waals surface area contributed by atoms with Gasteiger partial charge in [0, 0.05) is 13.7 Å². The van der Waals surface area contributed by atoms with E-state index in [1.807, 2.05) is 13.8 Å². The van der Waals surface area contributed by atoms with E-state index < -0.39 is 0 Å². The Labute approximate surface area is 75.9 Å². The van der Waals surface area contributed by atoms with Gasteiger partial charge in [0.05, 0.1) is 6.10 Å². The predicted octanol–water partition coefficient (Wildman–Crippen LogP) is 2.21. The summed E-state index contributed by atoms with van der Waals surface area (Å²) in [5.74, 6) is 0.702. The van der Waals surface area contributed by atoms with E-state index in [4.69, 9.17) is 9.84 Å². The van der Waals surface area contributed by atoms with E-state index in [2.05, 4.69) is 0 Å². The van der Waals surface area contributed by atoms with Gasteiger partial charge in [-0.25, -0.2) is 0 Å². The quantitative estimate of drug-likeness (QED) is 0.695. The lowest BCUT2D eigenvalue weighted by molar-refractivity contribution is 0.0717. The summed E-state index contributed by atoms with van der Waals surface area (Å²) in [5, 5.41) is 9.15. The SMILES string of the molecule is CC.COCC1CCC(O)CC1. The smallest absolute Gasteiger partial charge is 0.0540 e. The van der Waals surface area contributed by atoms with Gasteiger partial charge in [0.1, 0.15) is 0 Å². The molecule has 1 saturated carbocycles. The van der Waals surface area contributed by atoms with Gasteiger partial charge < -0.3 is 9.84 Å². The fourth-order valence-electron chi connectivity index (χ4n) is 1.55. The van der Waals surface area contributed by atoms with Gasteiger partial charge in [-0.2, -0.15) is 0 Å². The van der Waals surface area contributed by atoms with Gasteiger partial charge in [0.15, 0.2) is 0 Å². The maximum Gasteiger partial charge on any atom is 0.0540 e. The lowest BCUT2D eigenvalue weighted by Gasteiger charge is -2.24. The Bertz CT molecular complexity index is 85.8. The van der Waals surface area contributed by atoms with Crippen molar-refractivity contribution < 1.29 is 9.84 Å². The summed E-state index contributed by atoms with van der Waals surface area (Å²) in [6.07, 6.45) is 4.17. The van der Waals surface area contributed by atoms with Gasteiger partial charge in [0.25, 0.3) is 0 Å². The first-order valence-electron chi connectivity index (χ1n) is 5.00. The molecule has 0 aromatic heterocycles. The molecule has 0 saturated heterocycles. The Morgan fingerprint density at radius 2 is 1.67 bits per heavy atom. The van der Waals surface area contributed by atoms with Crippen LogP contribution in [0.2, 0.25) is 0 Å². The molecule has 2 heteroatoms. The highest BCUT2D eigenvalue weighted by Crippen LogP contribution is 2.23. The fraction of sp³-hybridized carbons (Fsp3) is 1.00. The molecule has 74 valence electrons. The number of aliphatic hydroxyl groups excluding tert-OH is 1. The lowest BCUT2D eigenvalue weighted by atomic mass is 9.88. The zero-order chi connectivity index (χ0) is 9.40. The van der Waals surface area contributed by atoms with Crippen LogP contribution >= 0.6 is 0 Å². The first-order valence-corrected chi connectivity index (χ1v) is 5.00. The summed E-state index contributed by atoms with van der Waals surface area (Å²) in [7, 11) is 1.74. The van der Waals surface area contributed by atoms with Crippen molar-refractivity contribution in [3.8, 4) is 0 Å². The van der Waals surface area contributed by atoms with Crippen LogP contribution in [0.1, 0.15) is 39.5 Å². The number of hydrogen-bond acceptors (Lipinski definition) is 2. The summed E-state index contributed by atoms with van der Waals surface area (Å²) < 4.78 is 5.03. The minimum Gasteiger partial charge on any atom is -0.393 e. The largest absolute Gasteiger partial charge is 0.393 e. The summed E-state index contributed by atoms with van der Waals surface area (Å²) in [5.41, 5.74) is 0. The van der Waals surface area contributed by atoms with Crippen LogP contribution in [0.15, 0.2) is 0 Å². The second kappa shape index (κ2) is 7.56. The second-order valence-corrected chi connectivity index (χ2v) is 3.13. The van der Waals surface area contributed by atoms with Crippen LogP contribution in [0, 0.1) is 5.92 Å². The highest BCUT2D eigenvalue weighted by atomic mass is 16.5. The van der Waals surface area contributed by atoms with E-state index in [1.54, 1.807) is 7.11 Å². The monoisotopic (exact) mass is 174 g/mol. The molecule has 0 aromatic carbocycles. The summed E-state index contributed by atoms with van der Waals surface area (Å²) in [6.45, 7) is 4.87. The molecule has 0 amide bonds. The molecule has 0 radical (unpaired) electrons. The number of ether oxygens (including phenoxy) is 1. The van der Waals surface area contributed by atoms with E-state index in [0.29, 0.717) is 5.92 Å². The highest BCUT2D eigenvalue weighted by molar-refractivity contribution is 4.70. The van der Waals surface area contributed by atoms with Crippen molar-refractivity contribution in [2.45, 2.75) is 45.6 Å². The maximum absolute atomic E-state index is 9.15. The highest BCUT2D eigenvalue weighted by Gasteiger charge is 2.18. The summed E-state index contributed by atoms with van der Waals surface area (Å²) in [4.78, 5) is 0. The van der Waals surface area contributed by atoms with E-state index >= 15 is 0 Å². The molecule has 0 bridgehead atoms. The molecule has 0 spiro atoms. The van der Waals surface area contributed by atoms with Crippen molar-refractivity contribution in [3.05, 3.63) is 0 Å². The topological polar surface area (TPSA) is 29.5 Å². The summed E-state index contributed by atoms with van der Waals surface area (Å²) >= 11 is 0. The number of hydrogen-bond donors (Lipinski definition) is 1. The molecule has 0 unspecified atom stereocenters. The van der Waals surface area contributed by atoms with E-state index in [1.165, 1.54) is 0 Å². The predicted molar refractivity (Wildman–Crippen MR) is 51.2 cm³/mol. The van der Waals surface area contributed by atoms with Crippen LogP contribution in [0.25, 0.3) is 0 Å². The van der Waals surface area contributed by atoms with Gasteiger partial charge in [-0.3, -0.25) is 0 Å². The number of aliphatic hydroxyl groups is 1. The zero-order valence-electron chi connectivity index (χ0n) is 8.55. The molecule has 1 fully saturated rings. The van der Waals surface area contributed by atoms with Crippen molar-refractivity contribution in [1.82, 2.24) is 0 Å².